The molecule has 0 bridgehead atoms. The van der Waals surface area contributed by atoms with Crippen LogP contribution in [0.25, 0.3) is 10.2 Å². The SMILES string of the molecule is Cc1c(C(=O)N(C2CC2)C(C)c2ccco2)sc2ncn(C)c(=O)c12. The number of aromatic nitrogens is 2. The Bertz CT molecular complexity index is 999. The Morgan fingerprint density at radius 1 is 1.48 bits per heavy atom. The first-order valence-corrected chi connectivity index (χ1v) is 9.11. The van der Waals surface area contributed by atoms with Gasteiger partial charge in [0, 0.05) is 13.1 Å². The van der Waals surface area contributed by atoms with E-state index in [1.54, 1.807) is 13.3 Å². The molecule has 130 valence electrons. The molecule has 1 amide bonds. The van der Waals surface area contributed by atoms with E-state index in [1.165, 1.54) is 22.2 Å². The molecule has 1 aliphatic carbocycles. The van der Waals surface area contributed by atoms with E-state index in [2.05, 4.69) is 4.98 Å². The summed E-state index contributed by atoms with van der Waals surface area (Å²) in [6, 6.07) is 3.81. The molecule has 3 aromatic heterocycles. The van der Waals surface area contributed by atoms with Gasteiger partial charge in [-0.2, -0.15) is 0 Å². The van der Waals surface area contributed by atoms with Crippen LogP contribution in [0.4, 0.5) is 0 Å². The molecule has 7 heteroatoms. The number of carbonyl (C=O) groups is 1. The zero-order valence-electron chi connectivity index (χ0n) is 14.4. The number of hydrogen-bond acceptors (Lipinski definition) is 5. The smallest absolute Gasteiger partial charge is 0.265 e. The molecule has 6 nitrogen and oxygen atoms in total. The van der Waals surface area contributed by atoms with Gasteiger partial charge in [-0.15, -0.1) is 11.3 Å². The molecular weight excluding hydrogens is 338 g/mol. The Labute approximate surface area is 148 Å². The summed E-state index contributed by atoms with van der Waals surface area (Å²) in [4.78, 5) is 33.1. The van der Waals surface area contributed by atoms with Crippen LogP contribution in [0, 0.1) is 6.92 Å². The van der Waals surface area contributed by atoms with Gasteiger partial charge in [0.1, 0.15) is 10.6 Å². The summed E-state index contributed by atoms with van der Waals surface area (Å²) in [6.45, 7) is 3.81. The summed E-state index contributed by atoms with van der Waals surface area (Å²) < 4.78 is 6.95. The van der Waals surface area contributed by atoms with E-state index in [9.17, 15) is 9.59 Å². The lowest BCUT2D eigenvalue weighted by atomic mass is 10.1. The van der Waals surface area contributed by atoms with Crippen LogP contribution in [0.3, 0.4) is 0 Å². The van der Waals surface area contributed by atoms with Crippen LogP contribution in [0.1, 0.15) is 46.8 Å². The van der Waals surface area contributed by atoms with Crippen molar-refractivity contribution in [2.75, 3.05) is 0 Å². The van der Waals surface area contributed by atoms with Crippen LogP contribution in [0.5, 0.6) is 0 Å². The second kappa shape index (κ2) is 5.84. The highest BCUT2D eigenvalue weighted by Crippen LogP contribution is 2.38. The average molecular weight is 357 g/mol. The Balaban J connectivity index is 1.79. The van der Waals surface area contributed by atoms with Crippen molar-refractivity contribution in [1.82, 2.24) is 14.5 Å². The van der Waals surface area contributed by atoms with Gasteiger partial charge in [-0.3, -0.25) is 9.59 Å². The fourth-order valence-corrected chi connectivity index (χ4v) is 4.29. The predicted octanol–water partition coefficient (Wildman–Crippen LogP) is 3.26. The second-order valence-corrected chi connectivity index (χ2v) is 7.53. The molecule has 3 aromatic rings. The highest BCUT2D eigenvalue weighted by molar-refractivity contribution is 7.20. The first kappa shape index (κ1) is 16.1. The minimum atomic E-state index is -0.143. The average Bonchev–Trinajstić information content (AvgIpc) is 3.14. The van der Waals surface area contributed by atoms with E-state index >= 15 is 0 Å². The Morgan fingerprint density at radius 3 is 2.88 bits per heavy atom. The van der Waals surface area contributed by atoms with Crippen LogP contribution in [0.15, 0.2) is 33.9 Å². The molecule has 0 N–H and O–H groups in total. The van der Waals surface area contributed by atoms with Gasteiger partial charge in [0.15, 0.2) is 0 Å². The number of carbonyl (C=O) groups excluding carboxylic acids is 1. The van der Waals surface area contributed by atoms with Gasteiger partial charge in [-0.05, 0) is 44.4 Å². The third kappa shape index (κ3) is 2.59. The van der Waals surface area contributed by atoms with Crippen molar-refractivity contribution in [2.24, 2.45) is 7.05 Å². The van der Waals surface area contributed by atoms with Crippen molar-refractivity contribution in [2.45, 2.75) is 38.8 Å². The number of rotatable bonds is 4. The second-order valence-electron chi connectivity index (χ2n) is 6.53. The fraction of sp³-hybridized carbons (Fsp3) is 0.389. The van der Waals surface area contributed by atoms with Crippen LogP contribution in [0.2, 0.25) is 0 Å². The van der Waals surface area contributed by atoms with Gasteiger partial charge in [0.25, 0.3) is 11.5 Å². The molecule has 25 heavy (non-hydrogen) atoms. The summed E-state index contributed by atoms with van der Waals surface area (Å²) in [5.41, 5.74) is 0.603. The van der Waals surface area contributed by atoms with Gasteiger partial charge in [-0.25, -0.2) is 4.98 Å². The number of thiophene rings is 1. The van der Waals surface area contributed by atoms with Crippen LogP contribution in [-0.4, -0.2) is 26.4 Å². The van der Waals surface area contributed by atoms with E-state index in [4.69, 9.17) is 4.42 Å². The lowest BCUT2D eigenvalue weighted by Crippen LogP contribution is -2.35. The Hall–Kier alpha value is -2.41. The van der Waals surface area contributed by atoms with E-state index in [0.29, 0.717) is 15.1 Å². The minimum Gasteiger partial charge on any atom is -0.467 e. The topological polar surface area (TPSA) is 68.3 Å². The molecule has 0 aromatic carbocycles. The highest BCUT2D eigenvalue weighted by atomic mass is 32.1. The molecule has 1 unspecified atom stereocenters. The van der Waals surface area contributed by atoms with Crippen molar-refractivity contribution in [3.05, 3.63) is 51.3 Å². The van der Waals surface area contributed by atoms with Gasteiger partial charge in [-0.1, -0.05) is 0 Å². The van der Waals surface area contributed by atoms with Crippen LogP contribution >= 0.6 is 11.3 Å². The van der Waals surface area contributed by atoms with Crippen LogP contribution in [-0.2, 0) is 7.05 Å². The number of aryl methyl sites for hydroxylation is 2. The molecule has 1 saturated carbocycles. The quantitative estimate of drug-likeness (QED) is 0.719. The maximum atomic E-state index is 13.3. The normalized spacial score (nSPS) is 15.5. The summed E-state index contributed by atoms with van der Waals surface area (Å²) in [5.74, 6) is 0.724. The highest BCUT2D eigenvalue weighted by Gasteiger charge is 2.39. The maximum absolute atomic E-state index is 13.3. The third-order valence-corrected chi connectivity index (χ3v) is 5.94. The van der Waals surface area contributed by atoms with Crippen molar-refractivity contribution < 1.29 is 9.21 Å². The lowest BCUT2D eigenvalue weighted by Gasteiger charge is -2.27. The molecule has 1 fully saturated rings. The standard InChI is InChI=1S/C18H19N3O3S/c1-10-14-16(19-9-20(3)17(14)22)25-15(10)18(23)21(12-6-7-12)11(2)13-5-4-8-24-13/h4-5,8-9,11-12H,6-7H2,1-3H3. The van der Waals surface area contributed by atoms with Gasteiger partial charge >= 0.3 is 0 Å². The molecule has 1 atom stereocenters. The van der Waals surface area contributed by atoms with E-state index in [1.807, 2.05) is 30.9 Å². The monoisotopic (exact) mass is 357 g/mol. The van der Waals surface area contributed by atoms with Crippen LogP contribution < -0.4 is 5.56 Å². The van der Waals surface area contributed by atoms with E-state index in [0.717, 1.165) is 24.2 Å². The van der Waals surface area contributed by atoms with Crippen molar-refractivity contribution in [3.63, 3.8) is 0 Å². The Morgan fingerprint density at radius 2 is 2.24 bits per heavy atom. The number of amides is 1. The van der Waals surface area contributed by atoms with E-state index < -0.39 is 0 Å². The summed E-state index contributed by atoms with van der Waals surface area (Å²) in [7, 11) is 1.67. The molecule has 0 radical (unpaired) electrons. The third-order valence-electron chi connectivity index (χ3n) is 4.75. The maximum Gasteiger partial charge on any atom is 0.265 e. The Kier molecular flexibility index (Phi) is 3.76. The fourth-order valence-electron chi connectivity index (χ4n) is 3.21. The van der Waals surface area contributed by atoms with Gasteiger partial charge < -0.3 is 13.9 Å². The zero-order chi connectivity index (χ0) is 17.7. The summed E-state index contributed by atoms with van der Waals surface area (Å²) in [6.07, 6.45) is 5.13. The molecule has 4 rings (SSSR count). The minimum absolute atomic E-state index is 0.0473. The van der Waals surface area contributed by atoms with Crippen molar-refractivity contribution in [1.29, 1.82) is 0 Å². The number of fused-ring (bicyclic) bond motifs is 1. The molecule has 3 heterocycles. The van der Waals surface area contributed by atoms with Crippen molar-refractivity contribution in [3.8, 4) is 0 Å². The summed E-state index contributed by atoms with van der Waals surface area (Å²) in [5, 5.41) is 0.541. The number of furan rings is 1. The van der Waals surface area contributed by atoms with E-state index in [-0.39, 0.29) is 23.6 Å². The largest absolute Gasteiger partial charge is 0.467 e. The molecular formula is C18H19N3O3S. The van der Waals surface area contributed by atoms with Crippen molar-refractivity contribution >= 4 is 27.5 Å². The molecule has 0 saturated heterocycles. The molecule has 0 spiro atoms. The first-order chi connectivity index (χ1) is 12.0. The van der Waals surface area contributed by atoms with Gasteiger partial charge in [0.2, 0.25) is 0 Å². The predicted molar refractivity (Wildman–Crippen MR) is 95.9 cm³/mol. The lowest BCUT2D eigenvalue weighted by molar-refractivity contribution is 0.0657. The summed E-state index contributed by atoms with van der Waals surface area (Å²) >= 11 is 1.30. The molecule has 1 aliphatic rings. The zero-order valence-corrected chi connectivity index (χ0v) is 15.2. The molecule has 0 aliphatic heterocycles. The number of hydrogen-bond donors (Lipinski definition) is 0. The van der Waals surface area contributed by atoms with Gasteiger partial charge in [0.05, 0.1) is 28.9 Å². The first-order valence-electron chi connectivity index (χ1n) is 8.30. The number of nitrogens with zero attached hydrogens (tertiary/aromatic N) is 3.